The highest BCUT2D eigenvalue weighted by Crippen LogP contribution is 2.71. The maximum atomic E-state index is 12.2. The van der Waals surface area contributed by atoms with E-state index in [2.05, 4.69) is 67.5 Å². The summed E-state index contributed by atoms with van der Waals surface area (Å²) in [6.45, 7) is 25.8. The Morgan fingerprint density at radius 2 is 0.939 bits per heavy atom. The van der Waals surface area contributed by atoms with Crippen molar-refractivity contribution in [1.82, 2.24) is 0 Å². The topological polar surface area (TPSA) is 115 Å². The average Bonchev–Trinajstić information content (AvgIpc) is 4.09. The molecule has 0 amide bonds. The minimum atomic E-state index is -0.368. The minimum absolute atomic E-state index is 0.0662. The molecular weight excluding hydrogens is 825 g/mol. The summed E-state index contributed by atoms with van der Waals surface area (Å²) in [7, 11) is 0. The SMILES string of the molecule is CC(C)C(=O)/C=C/[C@@H](C)[C@H]1CCC2C3C(CC[C@@]21C)[C@@]1(C)CCC2(C[C@@H]1C[C@H]3O)OCCO2.CC(C)[C@H](O)/C=C/[C@@H](C)[C@H]1CCC2C3C(CC[C@@]21C)[C@@]1(C)CCC2(C[C@@H]1C[C@H]3O)OCCO2. The Balaban J connectivity index is 0.000000166. The van der Waals surface area contributed by atoms with E-state index in [0.29, 0.717) is 87.3 Å². The third-order valence-electron chi connectivity index (χ3n) is 22.8. The molecule has 2 spiro atoms. The van der Waals surface area contributed by atoms with Gasteiger partial charge in [0.2, 0.25) is 0 Å². The molecule has 0 aromatic carbocycles. The van der Waals surface area contributed by atoms with Gasteiger partial charge in [-0.05, 0) is 182 Å². The van der Waals surface area contributed by atoms with Crippen molar-refractivity contribution in [3.05, 3.63) is 24.3 Å². The number of hydrogen-bond donors (Lipinski definition) is 3. The summed E-state index contributed by atoms with van der Waals surface area (Å²) in [4.78, 5) is 12.2. The zero-order chi connectivity index (χ0) is 47.2. The van der Waals surface area contributed by atoms with Gasteiger partial charge < -0.3 is 34.3 Å². The molecule has 2 saturated heterocycles. The first-order chi connectivity index (χ1) is 31.2. The van der Waals surface area contributed by atoms with Crippen molar-refractivity contribution >= 4 is 5.78 Å². The Hall–Kier alpha value is -1.13. The molecule has 0 radical (unpaired) electrons. The fourth-order valence-corrected chi connectivity index (χ4v) is 18.9. The van der Waals surface area contributed by atoms with Gasteiger partial charge in [0.1, 0.15) is 0 Å². The highest BCUT2D eigenvalue weighted by molar-refractivity contribution is 5.91. The summed E-state index contributed by atoms with van der Waals surface area (Å²) in [6.07, 6.45) is 25.7. The van der Waals surface area contributed by atoms with Gasteiger partial charge in [-0.2, -0.15) is 0 Å². The van der Waals surface area contributed by atoms with Gasteiger partial charge in [-0.25, -0.2) is 0 Å². The van der Waals surface area contributed by atoms with Crippen LogP contribution in [-0.4, -0.2) is 77.4 Å². The summed E-state index contributed by atoms with van der Waals surface area (Å²) in [5.74, 6) is 6.26. The van der Waals surface area contributed by atoms with Crippen LogP contribution in [0.15, 0.2) is 24.3 Å². The summed E-state index contributed by atoms with van der Waals surface area (Å²) < 4.78 is 24.4. The van der Waals surface area contributed by atoms with Crippen LogP contribution in [0.4, 0.5) is 0 Å². The van der Waals surface area contributed by atoms with E-state index < -0.39 is 0 Å². The van der Waals surface area contributed by atoms with E-state index in [4.69, 9.17) is 18.9 Å². The highest BCUT2D eigenvalue weighted by Gasteiger charge is 2.66. The lowest BCUT2D eigenvalue weighted by Gasteiger charge is -2.63. The largest absolute Gasteiger partial charge is 0.393 e. The first-order valence-electron chi connectivity index (χ1n) is 27.7. The van der Waals surface area contributed by atoms with Gasteiger partial charge in [-0.3, -0.25) is 4.79 Å². The minimum Gasteiger partial charge on any atom is -0.393 e. The number of hydrogen-bond acceptors (Lipinski definition) is 8. The zero-order valence-corrected chi connectivity index (χ0v) is 43.1. The molecule has 6 unspecified atom stereocenters. The molecule has 374 valence electrons. The zero-order valence-electron chi connectivity index (χ0n) is 43.1. The average molecular weight is 919 g/mol. The number of aliphatic hydroxyl groups is 3. The van der Waals surface area contributed by atoms with Gasteiger partial charge in [-0.1, -0.05) is 87.5 Å². The van der Waals surface area contributed by atoms with Gasteiger partial charge in [0.05, 0.1) is 44.7 Å². The Labute approximate surface area is 400 Å². The number of fused-ring (bicyclic) bond motifs is 10. The number of carbonyl (C=O) groups excluding carboxylic acids is 1. The maximum Gasteiger partial charge on any atom is 0.168 e. The maximum absolute atomic E-state index is 12.2. The van der Waals surface area contributed by atoms with Crippen LogP contribution in [0.5, 0.6) is 0 Å². The lowest BCUT2D eigenvalue weighted by Crippen LogP contribution is -2.60. The normalized spacial score (nSPS) is 48.0. The highest BCUT2D eigenvalue weighted by atomic mass is 16.7. The van der Waals surface area contributed by atoms with Crippen LogP contribution in [0.25, 0.3) is 0 Å². The van der Waals surface area contributed by atoms with E-state index in [9.17, 15) is 20.1 Å². The van der Waals surface area contributed by atoms with Gasteiger partial charge in [-0.15, -0.1) is 0 Å². The van der Waals surface area contributed by atoms with E-state index >= 15 is 0 Å². The summed E-state index contributed by atoms with van der Waals surface area (Å²) in [5, 5.41) is 33.4. The van der Waals surface area contributed by atoms with Crippen LogP contribution < -0.4 is 0 Å². The molecule has 8 nitrogen and oxygen atoms in total. The second-order valence-corrected chi connectivity index (χ2v) is 26.4. The van der Waals surface area contributed by atoms with Crippen molar-refractivity contribution in [3.8, 4) is 0 Å². The van der Waals surface area contributed by atoms with Crippen molar-refractivity contribution in [2.45, 2.75) is 202 Å². The Morgan fingerprint density at radius 1 is 0.530 bits per heavy atom. The predicted molar refractivity (Wildman–Crippen MR) is 260 cm³/mol. The Morgan fingerprint density at radius 3 is 1.35 bits per heavy atom. The second-order valence-electron chi connectivity index (χ2n) is 26.4. The number of ether oxygens (including phenoxy) is 4. The van der Waals surface area contributed by atoms with E-state index in [1.54, 1.807) is 0 Å². The molecule has 10 rings (SSSR count). The van der Waals surface area contributed by atoms with Crippen molar-refractivity contribution in [2.24, 2.45) is 105 Å². The third-order valence-corrected chi connectivity index (χ3v) is 22.8. The monoisotopic (exact) mass is 919 g/mol. The van der Waals surface area contributed by atoms with Crippen molar-refractivity contribution in [1.29, 1.82) is 0 Å². The second kappa shape index (κ2) is 18.5. The molecule has 8 aliphatic carbocycles. The lowest BCUT2D eigenvalue weighted by atomic mass is 9.43. The standard InChI is InChI=1S/C29H48O4.C29H46O4/c2*1-18(2)24(30)9-6-19(3)21-7-8-22-26-23(10-11-28(21,22)5)27(4)12-13-29(32-14-15-33-29)17-20(27)16-25(26)31/h6,9,18-26,30-31H,7-8,10-17H2,1-5H3;6,9,18-23,25-26,31H,7-8,10-17H2,1-5H3/b2*9-6+/t19-,20+,21-,22?,23?,24-,25-,26?,27+,28-;19-,20+,21-,22?,23?,25-,26?,27+,28-/m11/s1. The molecule has 8 saturated carbocycles. The van der Waals surface area contributed by atoms with E-state index in [0.717, 1.165) is 71.4 Å². The van der Waals surface area contributed by atoms with Gasteiger partial charge >= 0.3 is 0 Å². The van der Waals surface area contributed by atoms with E-state index in [1.807, 2.05) is 26.0 Å². The van der Waals surface area contributed by atoms with Crippen molar-refractivity contribution < 1.29 is 39.1 Å². The molecule has 10 aliphatic rings. The fourth-order valence-electron chi connectivity index (χ4n) is 18.9. The third kappa shape index (κ3) is 8.44. The molecule has 10 fully saturated rings. The Kier molecular flexibility index (Phi) is 14.0. The number of aliphatic hydroxyl groups excluding tert-OH is 3. The van der Waals surface area contributed by atoms with E-state index in [1.165, 1.54) is 57.8 Å². The first-order valence-corrected chi connectivity index (χ1v) is 27.7. The summed E-state index contributed by atoms with van der Waals surface area (Å²) >= 11 is 0. The summed E-state index contributed by atoms with van der Waals surface area (Å²) in [6, 6.07) is 0. The molecule has 0 bridgehead atoms. The molecule has 3 N–H and O–H groups in total. The number of rotatable bonds is 8. The molecule has 2 aliphatic heterocycles. The van der Waals surface area contributed by atoms with Crippen LogP contribution in [0.2, 0.25) is 0 Å². The van der Waals surface area contributed by atoms with Gasteiger partial charge in [0.25, 0.3) is 0 Å². The molecule has 2 heterocycles. The summed E-state index contributed by atoms with van der Waals surface area (Å²) in [5.41, 5.74) is 1.16. The quantitative estimate of drug-likeness (QED) is 0.163. The van der Waals surface area contributed by atoms with Crippen LogP contribution in [0.1, 0.15) is 172 Å². The smallest absolute Gasteiger partial charge is 0.168 e. The molecule has 66 heavy (non-hydrogen) atoms. The lowest BCUT2D eigenvalue weighted by molar-refractivity contribution is -0.243. The Bertz CT molecular complexity index is 1780. The van der Waals surface area contributed by atoms with Crippen LogP contribution in [0, 0.1) is 105 Å². The molecule has 0 aromatic heterocycles. The first kappa shape index (κ1) is 49.8. The predicted octanol–water partition coefficient (Wildman–Crippen LogP) is 11.3. The van der Waals surface area contributed by atoms with Crippen molar-refractivity contribution in [2.75, 3.05) is 26.4 Å². The van der Waals surface area contributed by atoms with Gasteiger partial charge in [0.15, 0.2) is 17.4 Å². The fraction of sp³-hybridized carbons (Fsp3) is 0.914. The molecule has 19 atom stereocenters. The molecule has 8 heteroatoms. The van der Waals surface area contributed by atoms with Crippen molar-refractivity contribution in [3.63, 3.8) is 0 Å². The van der Waals surface area contributed by atoms with Gasteiger partial charge in [0, 0.05) is 31.6 Å². The molecular formula is C58H94O8. The van der Waals surface area contributed by atoms with Crippen LogP contribution in [0.3, 0.4) is 0 Å². The number of ketones is 1. The number of allylic oxidation sites excluding steroid dienone is 3. The van der Waals surface area contributed by atoms with Crippen LogP contribution in [-0.2, 0) is 23.7 Å². The van der Waals surface area contributed by atoms with Crippen LogP contribution >= 0.6 is 0 Å². The van der Waals surface area contributed by atoms with E-state index in [-0.39, 0.29) is 52.9 Å². The number of carbonyl (C=O) groups is 1. The molecule has 0 aromatic rings.